The second kappa shape index (κ2) is 6.06. The number of nitriles is 1. The van der Waals surface area contributed by atoms with Crippen molar-refractivity contribution in [1.82, 2.24) is 9.80 Å². The Labute approximate surface area is 144 Å². The van der Waals surface area contributed by atoms with Gasteiger partial charge in [0.25, 0.3) is 0 Å². The van der Waals surface area contributed by atoms with Crippen LogP contribution < -0.4 is 0 Å². The van der Waals surface area contributed by atoms with Crippen LogP contribution in [0.1, 0.15) is 51.4 Å². The molecule has 2 amide bonds. The first-order valence-corrected chi connectivity index (χ1v) is 9.49. The van der Waals surface area contributed by atoms with Gasteiger partial charge < -0.3 is 9.80 Å². The van der Waals surface area contributed by atoms with Gasteiger partial charge in [0.2, 0.25) is 11.8 Å². The van der Waals surface area contributed by atoms with Crippen LogP contribution in [0.3, 0.4) is 0 Å². The highest BCUT2D eigenvalue weighted by molar-refractivity contribution is 5.80. The smallest absolute Gasteiger partial charge is 0.236 e. The fourth-order valence-electron chi connectivity index (χ4n) is 6.32. The molecule has 130 valence electrons. The van der Waals surface area contributed by atoms with Crippen LogP contribution in [0, 0.1) is 34.5 Å². The lowest BCUT2D eigenvalue weighted by Gasteiger charge is -2.57. The summed E-state index contributed by atoms with van der Waals surface area (Å²) in [5, 5.41) is 8.64. The van der Waals surface area contributed by atoms with Gasteiger partial charge in [0.05, 0.1) is 6.07 Å². The average Bonchev–Trinajstić information content (AvgIpc) is 2.53. The van der Waals surface area contributed by atoms with Crippen molar-refractivity contribution in [3.8, 4) is 6.07 Å². The summed E-state index contributed by atoms with van der Waals surface area (Å²) in [4.78, 5) is 28.3. The van der Waals surface area contributed by atoms with E-state index in [0.29, 0.717) is 37.5 Å². The van der Waals surface area contributed by atoms with Crippen LogP contribution in [0.5, 0.6) is 0 Å². The molecule has 1 saturated heterocycles. The van der Waals surface area contributed by atoms with Gasteiger partial charge in [-0.3, -0.25) is 9.59 Å². The van der Waals surface area contributed by atoms with E-state index in [0.717, 1.165) is 24.2 Å². The third kappa shape index (κ3) is 2.92. The molecule has 0 atom stereocenters. The standard InChI is InChI=1S/C19H27N3O2/c20-2-1-17(23)21-3-5-22(6-4-21)18(24)13-19-10-14-7-15(11-19)9-16(8-14)12-19/h14-16H,1,3-13H2. The topological polar surface area (TPSA) is 64.4 Å². The lowest BCUT2D eigenvalue weighted by Crippen LogP contribution is -2.53. The van der Waals surface area contributed by atoms with Crippen molar-refractivity contribution < 1.29 is 9.59 Å². The largest absolute Gasteiger partial charge is 0.339 e. The average molecular weight is 329 g/mol. The predicted molar refractivity (Wildman–Crippen MR) is 88.6 cm³/mol. The van der Waals surface area contributed by atoms with Crippen molar-refractivity contribution in [2.45, 2.75) is 51.4 Å². The minimum atomic E-state index is -0.106. The summed E-state index contributed by atoms with van der Waals surface area (Å²) in [6.45, 7) is 2.41. The first-order valence-electron chi connectivity index (χ1n) is 9.49. The molecule has 5 fully saturated rings. The molecule has 4 aliphatic carbocycles. The maximum atomic E-state index is 12.9. The quantitative estimate of drug-likeness (QED) is 0.797. The Hall–Kier alpha value is -1.57. The Morgan fingerprint density at radius 2 is 1.33 bits per heavy atom. The molecule has 5 heteroatoms. The van der Waals surface area contributed by atoms with Crippen LogP contribution in [0.25, 0.3) is 0 Å². The number of amides is 2. The molecule has 1 heterocycles. The highest BCUT2D eigenvalue weighted by Crippen LogP contribution is 2.61. The van der Waals surface area contributed by atoms with Crippen LogP contribution in [-0.4, -0.2) is 47.8 Å². The Morgan fingerprint density at radius 3 is 1.79 bits per heavy atom. The third-order valence-electron chi connectivity index (χ3n) is 6.91. The highest BCUT2D eigenvalue weighted by Gasteiger charge is 2.51. The van der Waals surface area contributed by atoms with E-state index in [2.05, 4.69) is 0 Å². The number of piperazine rings is 1. The summed E-state index contributed by atoms with van der Waals surface area (Å²) in [5.74, 6) is 2.83. The Morgan fingerprint density at radius 1 is 0.875 bits per heavy atom. The van der Waals surface area contributed by atoms with E-state index >= 15 is 0 Å². The van der Waals surface area contributed by atoms with Gasteiger partial charge in [-0.15, -0.1) is 0 Å². The Balaban J connectivity index is 1.33. The van der Waals surface area contributed by atoms with Crippen molar-refractivity contribution in [2.75, 3.05) is 26.2 Å². The van der Waals surface area contributed by atoms with Crippen molar-refractivity contribution in [2.24, 2.45) is 23.2 Å². The molecule has 4 bridgehead atoms. The molecule has 5 aliphatic rings. The lowest BCUT2D eigenvalue weighted by molar-refractivity contribution is -0.144. The Bertz CT molecular complexity index is 536. The molecule has 0 unspecified atom stereocenters. The van der Waals surface area contributed by atoms with Crippen molar-refractivity contribution in [3.63, 3.8) is 0 Å². The molecule has 5 rings (SSSR count). The van der Waals surface area contributed by atoms with E-state index in [1.54, 1.807) is 4.90 Å². The minimum Gasteiger partial charge on any atom is -0.339 e. The molecule has 24 heavy (non-hydrogen) atoms. The molecule has 0 spiro atoms. The third-order valence-corrected chi connectivity index (χ3v) is 6.91. The van der Waals surface area contributed by atoms with Crippen LogP contribution in [0.2, 0.25) is 0 Å². The summed E-state index contributed by atoms with van der Waals surface area (Å²) in [6.07, 6.45) is 8.71. The van der Waals surface area contributed by atoms with E-state index in [4.69, 9.17) is 5.26 Å². The molecule has 0 aromatic carbocycles. The van der Waals surface area contributed by atoms with E-state index in [1.807, 2.05) is 11.0 Å². The maximum absolute atomic E-state index is 12.9. The summed E-state index contributed by atoms with van der Waals surface area (Å²) < 4.78 is 0. The van der Waals surface area contributed by atoms with E-state index < -0.39 is 0 Å². The first-order chi connectivity index (χ1) is 11.6. The van der Waals surface area contributed by atoms with Gasteiger partial charge in [0, 0.05) is 32.6 Å². The van der Waals surface area contributed by atoms with Crippen LogP contribution >= 0.6 is 0 Å². The predicted octanol–water partition coefficient (Wildman–Crippen LogP) is 2.18. The molecule has 4 saturated carbocycles. The lowest BCUT2D eigenvalue weighted by atomic mass is 9.49. The van der Waals surface area contributed by atoms with Gasteiger partial charge in [-0.1, -0.05) is 0 Å². The maximum Gasteiger partial charge on any atom is 0.236 e. The minimum absolute atomic E-state index is 0.0543. The van der Waals surface area contributed by atoms with Gasteiger partial charge in [-0.05, 0) is 61.7 Å². The van der Waals surface area contributed by atoms with Crippen LogP contribution in [0.4, 0.5) is 0 Å². The van der Waals surface area contributed by atoms with Gasteiger partial charge in [-0.2, -0.15) is 5.26 Å². The molecule has 0 N–H and O–H groups in total. The SMILES string of the molecule is N#CCC(=O)N1CCN(C(=O)CC23CC4CC(CC(C4)C2)C3)CC1. The molecule has 0 aromatic rings. The molecule has 5 nitrogen and oxygen atoms in total. The Kier molecular flexibility index (Phi) is 4.02. The summed E-state index contributed by atoms with van der Waals surface area (Å²) in [5.41, 5.74) is 0.291. The molecular formula is C19H27N3O2. The van der Waals surface area contributed by atoms with E-state index in [-0.39, 0.29) is 12.3 Å². The summed E-state index contributed by atoms with van der Waals surface area (Å²) in [6, 6.07) is 1.91. The zero-order valence-corrected chi connectivity index (χ0v) is 14.4. The monoisotopic (exact) mass is 329 g/mol. The van der Waals surface area contributed by atoms with Gasteiger partial charge in [0.1, 0.15) is 6.42 Å². The van der Waals surface area contributed by atoms with Gasteiger partial charge >= 0.3 is 0 Å². The zero-order valence-electron chi connectivity index (χ0n) is 14.4. The van der Waals surface area contributed by atoms with E-state index in [1.165, 1.54) is 38.5 Å². The first kappa shape index (κ1) is 15.9. The van der Waals surface area contributed by atoms with Crippen LogP contribution in [0.15, 0.2) is 0 Å². The number of hydrogen-bond acceptors (Lipinski definition) is 3. The second-order valence-corrected chi connectivity index (χ2v) is 8.69. The fourth-order valence-corrected chi connectivity index (χ4v) is 6.32. The number of nitrogens with zero attached hydrogens (tertiary/aromatic N) is 3. The van der Waals surface area contributed by atoms with Crippen LogP contribution in [-0.2, 0) is 9.59 Å². The molecular weight excluding hydrogens is 302 g/mol. The van der Waals surface area contributed by atoms with Crippen molar-refractivity contribution in [3.05, 3.63) is 0 Å². The fraction of sp³-hybridized carbons (Fsp3) is 0.842. The van der Waals surface area contributed by atoms with Gasteiger partial charge in [-0.25, -0.2) is 0 Å². The number of hydrogen-bond donors (Lipinski definition) is 0. The van der Waals surface area contributed by atoms with Crippen molar-refractivity contribution in [1.29, 1.82) is 5.26 Å². The molecule has 1 aliphatic heterocycles. The van der Waals surface area contributed by atoms with Crippen molar-refractivity contribution >= 4 is 11.8 Å². The summed E-state index contributed by atoms with van der Waals surface area (Å²) >= 11 is 0. The number of carbonyl (C=O) groups excluding carboxylic acids is 2. The van der Waals surface area contributed by atoms with Gasteiger partial charge in [0.15, 0.2) is 0 Å². The highest BCUT2D eigenvalue weighted by atomic mass is 16.2. The summed E-state index contributed by atoms with van der Waals surface area (Å²) in [7, 11) is 0. The number of carbonyl (C=O) groups is 2. The zero-order chi connectivity index (χ0) is 16.7. The number of rotatable bonds is 3. The second-order valence-electron chi connectivity index (χ2n) is 8.69. The molecule has 0 aromatic heterocycles. The van der Waals surface area contributed by atoms with E-state index in [9.17, 15) is 9.59 Å². The molecule has 0 radical (unpaired) electrons. The normalized spacial score (nSPS) is 37.4.